The lowest BCUT2D eigenvalue weighted by molar-refractivity contribution is 0.204. The van der Waals surface area contributed by atoms with Gasteiger partial charge in [-0.2, -0.15) is 0 Å². The predicted octanol–water partition coefficient (Wildman–Crippen LogP) is 3.28. The Hall–Kier alpha value is -0.0800. The largest absolute Gasteiger partial charge is 0.313 e. The molecule has 1 aliphatic carbocycles. The molecule has 1 fully saturated rings. The van der Waals surface area contributed by atoms with E-state index in [1.54, 1.807) is 0 Å². The molecule has 1 rings (SSSR count). The highest BCUT2D eigenvalue weighted by Gasteiger charge is 2.30. The molecule has 1 unspecified atom stereocenters. The zero-order valence-electron chi connectivity index (χ0n) is 12.3. The summed E-state index contributed by atoms with van der Waals surface area (Å²) in [5.41, 5.74) is 0. The third kappa shape index (κ3) is 6.42. The van der Waals surface area contributed by atoms with Crippen LogP contribution in [-0.4, -0.2) is 36.6 Å². The van der Waals surface area contributed by atoms with Crippen molar-refractivity contribution in [1.29, 1.82) is 0 Å². The van der Waals surface area contributed by atoms with Crippen molar-refractivity contribution in [3.05, 3.63) is 0 Å². The van der Waals surface area contributed by atoms with Crippen LogP contribution in [0.2, 0.25) is 0 Å². The van der Waals surface area contributed by atoms with Gasteiger partial charge < -0.3 is 5.32 Å². The molecule has 1 N–H and O–H groups in total. The fourth-order valence-electron chi connectivity index (χ4n) is 2.52. The standard InChI is InChI=1S/C15H32N2/c1-5-7-14(16-10-6-2)12-17(11-13(3)4)15-8-9-15/h13-16H,5-12H2,1-4H3. The van der Waals surface area contributed by atoms with Crippen molar-refractivity contribution in [1.82, 2.24) is 10.2 Å². The van der Waals surface area contributed by atoms with Gasteiger partial charge in [0.05, 0.1) is 0 Å². The van der Waals surface area contributed by atoms with Crippen molar-refractivity contribution >= 4 is 0 Å². The monoisotopic (exact) mass is 240 g/mol. The lowest BCUT2D eigenvalue weighted by atomic mass is 10.1. The molecule has 0 aromatic rings. The van der Waals surface area contributed by atoms with E-state index in [0.717, 1.165) is 12.0 Å². The number of nitrogens with one attached hydrogen (secondary N) is 1. The van der Waals surface area contributed by atoms with Gasteiger partial charge in [0, 0.05) is 25.2 Å². The molecule has 0 amide bonds. The first-order valence-corrected chi connectivity index (χ1v) is 7.64. The zero-order valence-corrected chi connectivity index (χ0v) is 12.3. The van der Waals surface area contributed by atoms with Crippen molar-refractivity contribution in [3.63, 3.8) is 0 Å². The van der Waals surface area contributed by atoms with Crippen LogP contribution >= 0.6 is 0 Å². The van der Waals surface area contributed by atoms with Crippen molar-refractivity contribution in [3.8, 4) is 0 Å². The van der Waals surface area contributed by atoms with Gasteiger partial charge in [-0.25, -0.2) is 0 Å². The topological polar surface area (TPSA) is 15.3 Å². The lowest BCUT2D eigenvalue weighted by Gasteiger charge is -2.29. The first kappa shape index (κ1) is 15.0. The Morgan fingerprint density at radius 2 is 1.82 bits per heavy atom. The Bertz CT molecular complexity index is 187. The zero-order chi connectivity index (χ0) is 12.7. The number of hydrogen-bond acceptors (Lipinski definition) is 2. The third-order valence-corrected chi connectivity index (χ3v) is 3.44. The number of nitrogens with zero attached hydrogens (tertiary/aromatic N) is 1. The SMILES string of the molecule is CCCNC(CCC)CN(CC(C)C)C1CC1. The molecule has 1 atom stereocenters. The Morgan fingerprint density at radius 1 is 1.12 bits per heavy atom. The maximum absolute atomic E-state index is 3.72. The summed E-state index contributed by atoms with van der Waals surface area (Å²) in [6.07, 6.45) is 6.72. The van der Waals surface area contributed by atoms with Crippen molar-refractivity contribution in [2.45, 2.75) is 71.9 Å². The van der Waals surface area contributed by atoms with Gasteiger partial charge in [-0.15, -0.1) is 0 Å². The van der Waals surface area contributed by atoms with Crippen LogP contribution in [0.4, 0.5) is 0 Å². The second-order valence-corrected chi connectivity index (χ2v) is 6.02. The smallest absolute Gasteiger partial charge is 0.0195 e. The van der Waals surface area contributed by atoms with Gasteiger partial charge in [-0.1, -0.05) is 34.1 Å². The molecule has 0 saturated heterocycles. The normalized spacial score (nSPS) is 18.0. The van der Waals surface area contributed by atoms with E-state index in [4.69, 9.17) is 0 Å². The van der Waals surface area contributed by atoms with Gasteiger partial charge >= 0.3 is 0 Å². The van der Waals surface area contributed by atoms with Crippen LogP contribution in [0.25, 0.3) is 0 Å². The van der Waals surface area contributed by atoms with E-state index in [1.807, 2.05) is 0 Å². The highest BCUT2D eigenvalue weighted by molar-refractivity contribution is 4.87. The molecule has 1 saturated carbocycles. The predicted molar refractivity (Wildman–Crippen MR) is 76.4 cm³/mol. The molecule has 2 heteroatoms. The van der Waals surface area contributed by atoms with Crippen LogP contribution in [0.5, 0.6) is 0 Å². The second-order valence-electron chi connectivity index (χ2n) is 6.02. The van der Waals surface area contributed by atoms with Gasteiger partial charge in [0.25, 0.3) is 0 Å². The van der Waals surface area contributed by atoms with E-state index in [2.05, 4.69) is 37.9 Å². The molecule has 0 spiro atoms. The van der Waals surface area contributed by atoms with E-state index >= 15 is 0 Å². The van der Waals surface area contributed by atoms with Crippen LogP contribution in [0, 0.1) is 5.92 Å². The van der Waals surface area contributed by atoms with Crippen molar-refractivity contribution in [2.24, 2.45) is 5.92 Å². The van der Waals surface area contributed by atoms with E-state index in [0.29, 0.717) is 6.04 Å². The average Bonchev–Trinajstić information content (AvgIpc) is 3.08. The van der Waals surface area contributed by atoms with E-state index in [-0.39, 0.29) is 0 Å². The summed E-state index contributed by atoms with van der Waals surface area (Å²) >= 11 is 0. The number of hydrogen-bond donors (Lipinski definition) is 1. The summed E-state index contributed by atoms with van der Waals surface area (Å²) in [5, 5.41) is 3.72. The molecule has 0 aromatic carbocycles. The van der Waals surface area contributed by atoms with Crippen LogP contribution in [0.1, 0.15) is 59.8 Å². The first-order chi connectivity index (χ1) is 8.17. The first-order valence-electron chi connectivity index (χ1n) is 7.64. The minimum atomic E-state index is 0.708. The summed E-state index contributed by atoms with van der Waals surface area (Å²) in [5.74, 6) is 0.795. The van der Waals surface area contributed by atoms with Crippen molar-refractivity contribution < 1.29 is 0 Å². The van der Waals surface area contributed by atoms with Gasteiger partial charge in [-0.3, -0.25) is 4.90 Å². The summed E-state index contributed by atoms with van der Waals surface area (Å²) in [6, 6.07) is 1.61. The van der Waals surface area contributed by atoms with Crippen LogP contribution < -0.4 is 5.32 Å². The Kier molecular flexibility index (Phi) is 7.14. The summed E-state index contributed by atoms with van der Waals surface area (Å²) < 4.78 is 0. The molecule has 0 bridgehead atoms. The maximum Gasteiger partial charge on any atom is 0.0195 e. The van der Waals surface area contributed by atoms with Gasteiger partial charge in [0.1, 0.15) is 0 Å². The fraction of sp³-hybridized carbons (Fsp3) is 1.00. The minimum absolute atomic E-state index is 0.708. The molecule has 0 aromatic heterocycles. The maximum atomic E-state index is 3.72. The van der Waals surface area contributed by atoms with Crippen LogP contribution in [0.15, 0.2) is 0 Å². The number of rotatable bonds is 10. The average molecular weight is 240 g/mol. The highest BCUT2D eigenvalue weighted by Crippen LogP contribution is 2.27. The fourth-order valence-corrected chi connectivity index (χ4v) is 2.52. The molecular weight excluding hydrogens is 208 g/mol. The molecule has 0 radical (unpaired) electrons. The Morgan fingerprint density at radius 3 is 2.29 bits per heavy atom. The Labute approximate surface area is 108 Å². The second kappa shape index (κ2) is 8.10. The quantitative estimate of drug-likeness (QED) is 0.630. The molecule has 1 aliphatic rings. The lowest BCUT2D eigenvalue weighted by Crippen LogP contribution is -2.43. The molecule has 17 heavy (non-hydrogen) atoms. The van der Waals surface area contributed by atoms with E-state index in [1.165, 1.54) is 51.7 Å². The van der Waals surface area contributed by atoms with Gasteiger partial charge in [0.2, 0.25) is 0 Å². The molecule has 0 aliphatic heterocycles. The molecule has 0 heterocycles. The Balaban J connectivity index is 2.37. The van der Waals surface area contributed by atoms with E-state index in [9.17, 15) is 0 Å². The molecule has 102 valence electrons. The summed E-state index contributed by atoms with van der Waals surface area (Å²) in [7, 11) is 0. The molecule has 2 nitrogen and oxygen atoms in total. The van der Waals surface area contributed by atoms with Crippen molar-refractivity contribution in [2.75, 3.05) is 19.6 Å². The van der Waals surface area contributed by atoms with Gasteiger partial charge in [0.15, 0.2) is 0 Å². The van der Waals surface area contributed by atoms with Crippen LogP contribution in [-0.2, 0) is 0 Å². The summed E-state index contributed by atoms with van der Waals surface area (Å²) in [6.45, 7) is 12.9. The van der Waals surface area contributed by atoms with Gasteiger partial charge in [-0.05, 0) is 38.1 Å². The van der Waals surface area contributed by atoms with E-state index < -0.39 is 0 Å². The molecular formula is C15H32N2. The minimum Gasteiger partial charge on any atom is -0.313 e. The van der Waals surface area contributed by atoms with Crippen LogP contribution in [0.3, 0.4) is 0 Å². The third-order valence-electron chi connectivity index (χ3n) is 3.44. The highest BCUT2D eigenvalue weighted by atomic mass is 15.2. The summed E-state index contributed by atoms with van der Waals surface area (Å²) in [4.78, 5) is 2.73.